The van der Waals surface area contributed by atoms with E-state index in [0.29, 0.717) is 6.61 Å². The Morgan fingerprint density at radius 2 is 2.07 bits per heavy atom. The SMILES string of the molecule is COc1cc2c(cc1OCCCN1CCCC1)[nH]c1ccnc(C3CCO3)c12. The van der Waals surface area contributed by atoms with Crippen molar-refractivity contribution in [3.05, 3.63) is 30.1 Å². The second-order valence-electron chi connectivity index (χ2n) is 7.69. The van der Waals surface area contributed by atoms with Gasteiger partial charge >= 0.3 is 0 Å². The molecule has 0 bridgehead atoms. The Hall–Kier alpha value is -2.31. The number of benzene rings is 1. The number of fused-ring (bicyclic) bond motifs is 3. The van der Waals surface area contributed by atoms with Crippen LogP contribution in [0.25, 0.3) is 21.8 Å². The molecule has 1 N–H and O–H groups in total. The Balaban J connectivity index is 1.41. The molecule has 28 heavy (non-hydrogen) atoms. The summed E-state index contributed by atoms with van der Waals surface area (Å²) in [6.07, 6.45) is 6.65. The van der Waals surface area contributed by atoms with Crippen molar-refractivity contribution in [1.29, 1.82) is 0 Å². The van der Waals surface area contributed by atoms with Gasteiger partial charge in [-0.3, -0.25) is 4.98 Å². The standard InChI is InChI=1S/C22H27N3O3/c1-26-19-13-15-17(14-20(19)27-11-4-10-25-8-2-3-9-25)24-16-5-7-23-22(21(15)16)18-6-12-28-18/h5,7,13-14,18,24H,2-4,6,8-12H2,1H3. The lowest BCUT2D eigenvalue weighted by atomic mass is 10.0. The molecule has 2 fully saturated rings. The Morgan fingerprint density at radius 1 is 1.21 bits per heavy atom. The van der Waals surface area contributed by atoms with E-state index in [-0.39, 0.29) is 6.10 Å². The van der Waals surface area contributed by atoms with Gasteiger partial charge in [0, 0.05) is 41.5 Å². The van der Waals surface area contributed by atoms with Crippen LogP contribution in [0.1, 0.15) is 37.5 Å². The minimum Gasteiger partial charge on any atom is -0.493 e. The van der Waals surface area contributed by atoms with Gasteiger partial charge in [0.05, 0.1) is 31.5 Å². The fourth-order valence-electron chi connectivity index (χ4n) is 4.32. The number of aromatic nitrogens is 2. The van der Waals surface area contributed by atoms with Crippen molar-refractivity contribution in [3.63, 3.8) is 0 Å². The Labute approximate surface area is 164 Å². The molecule has 0 aliphatic carbocycles. The van der Waals surface area contributed by atoms with Crippen molar-refractivity contribution >= 4 is 21.8 Å². The first-order valence-corrected chi connectivity index (χ1v) is 10.3. The predicted molar refractivity (Wildman–Crippen MR) is 109 cm³/mol. The third-order valence-electron chi connectivity index (χ3n) is 5.90. The van der Waals surface area contributed by atoms with E-state index in [0.717, 1.165) is 65.0 Å². The van der Waals surface area contributed by atoms with E-state index in [1.165, 1.54) is 25.9 Å². The Morgan fingerprint density at radius 3 is 2.82 bits per heavy atom. The minimum absolute atomic E-state index is 0.0928. The van der Waals surface area contributed by atoms with Gasteiger partial charge in [-0.15, -0.1) is 0 Å². The van der Waals surface area contributed by atoms with Crippen LogP contribution in [-0.4, -0.2) is 54.8 Å². The fourth-order valence-corrected chi connectivity index (χ4v) is 4.32. The highest BCUT2D eigenvalue weighted by Gasteiger charge is 2.25. The molecule has 2 aromatic heterocycles. The van der Waals surface area contributed by atoms with Gasteiger partial charge in [0.1, 0.15) is 6.10 Å². The molecule has 2 saturated heterocycles. The molecule has 3 aromatic rings. The number of pyridine rings is 1. The van der Waals surface area contributed by atoms with Crippen molar-refractivity contribution in [2.24, 2.45) is 0 Å². The zero-order valence-corrected chi connectivity index (χ0v) is 16.4. The van der Waals surface area contributed by atoms with Crippen LogP contribution >= 0.6 is 0 Å². The smallest absolute Gasteiger partial charge is 0.163 e. The predicted octanol–water partition coefficient (Wildman–Crippen LogP) is 4.05. The van der Waals surface area contributed by atoms with Gasteiger partial charge in [-0.2, -0.15) is 0 Å². The van der Waals surface area contributed by atoms with Crippen molar-refractivity contribution < 1.29 is 14.2 Å². The average molecular weight is 381 g/mol. The minimum atomic E-state index is 0.0928. The molecule has 1 atom stereocenters. The maximum atomic E-state index is 6.09. The largest absolute Gasteiger partial charge is 0.493 e. The van der Waals surface area contributed by atoms with Gasteiger partial charge in [0.15, 0.2) is 11.5 Å². The number of methoxy groups -OCH3 is 1. The number of nitrogens with one attached hydrogen (secondary N) is 1. The maximum Gasteiger partial charge on any atom is 0.163 e. The van der Waals surface area contributed by atoms with E-state index in [2.05, 4.69) is 27.0 Å². The molecular formula is C22H27N3O3. The van der Waals surface area contributed by atoms with Crippen molar-refractivity contribution in [1.82, 2.24) is 14.9 Å². The molecule has 2 aliphatic rings. The van der Waals surface area contributed by atoms with Gasteiger partial charge < -0.3 is 24.1 Å². The maximum absolute atomic E-state index is 6.09. The zero-order valence-electron chi connectivity index (χ0n) is 16.4. The molecule has 0 saturated carbocycles. The highest BCUT2D eigenvalue weighted by atomic mass is 16.5. The third-order valence-corrected chi connectivity index (χ3v) is 5.90. The van der Waals surface area contributed by atoms with Crippen LogP contribution in [0.4, 0.5) is 0 Å². The van der Waals surface area contributed by atoms with E-state index in [1.54, 1.807) is 7.11 Å². The fraction of sp³-hybridized carbons (Fsp3) is 0.500. The summed E-state index contributed by atoms with van der Waals surface area (Å²) in [7, 11) is 1.70. The molecule has 0 spiro atoms. The summed E-state index contributed by atoms with van der Waals surface area (Å²) in [5.41, 5.74) is 3.12. The summed E-state index contributed by atoms with van der Waals surface area (Å²) >= 11 is 0. The molecule has 148 valence electrons. The number of likely N-dealkylation sites (tertiary alicyclic amines) is 1. The molecule has 6 nitrogen and oxygen atoms in total. The molecule has 1 unspecified atom stereocenters. The summed E-state index contributed by atoms with van der Waals surface area (Å²) in [4.78, 5) is 10.6. The summed E-state index contributed by atoms with van der Waals surface area (Å²) < 4.78 is 17.4. The van der Waals surface area contributed by atoms with Crippen LogP contribution in [0.5, 0.6) is 11.5 Å². The topological polar surface area (TPSA) is 59.6 Å². The number of H-pyrrole nitrogens is 1. The highest BCUT2D eigenvalue weighted by molar-refractivity contribution is 6.09. The lowest BCUT2D eigenvalue weighted by molar-refractivity contribution is -0.0542. The number of aromatic amines is 1. The van der Waals surface area contributed by atoms with Crippen LogP contribution in [0, 0.1) is 0 Å². The lowest BCUT2D eigenvalue weighted by Crippen LogP contribution is -2.21. The van der Waals surface area contributed by atoms with Crippen LogP contribution in [-0.2, 0) is 4.74 Å². The molecule has 0 amide bonds. The third kappa shape index (κ3) is 3.20. The van der Waals surface area contributed by atoms with Gasteiger partial charge in [0.25, 0.3) is 0 Å². The van der Waals surface area contributed by atoms with E-state index in [9.17, 15) is 0 Å². The lowest BCUT2D eigenvalue weighted by Gasteiger charge is -2.26. The first kappa shape index (κ1) is 17.8. The van der Waals surface area contributed by atoms with E-state index >= 15 is 0 Å². The summed E-state index contributed by atoms with van der Waals surface area (Å²) in [6, 6.07) is 6.13. The second kappa shape index (κ2) is 7.60. The average Bonchev–Trinajstić information content (AvgIpc) is 3.30. The summed E-state index contributed by atoms with van der Waals surface area (Å²) in [5, 5.41) is 2.23. The first-order chi connectivity index (χ1) is 13.8. The van der Waals surface area contributed by atoms with Crippen LogP contribution in [0.3, 0.4) is 0 Å². The second-order valence-corrected chi connectivity index (χ2v) is 7.69. The van der Waals surface area contributed by atoms with E-state index < -0.39 is 0 Å². The normalized spacial score (nSPS) is 20.0. The quantitative estimate of drug-likeness (QED) is 0.626. The number of hydrogen-bond donors (Lipinski definition) is 1. The molecule has 0 radical (unpaired) electrons. The van der Waals surface area contributed by atoms with Crippen LogP contribution in [0.2, 0.25) is 0 Å². The molecule has 1 aromatic carbocycles. The van der Waals surface area contributed by atoms with Crippen molar-refractivity contribution in [3.8, 4) is 11.5 Å². The Kier molecular flexibility index (Phi) is 4.82. The molecule has 6 heteroatoms. The van der Waals surface area contributed by atoms with Gasteiger partial charge in [0.2, 0.25) is 0 Å². The molecule has 5 rings (SSSR count). The van der Waals surface area contributed by atoms with E-state index in [1.807, 2.05) is 12.3 Å². The zero-order chi connectivity index (χ0) is 18.9. The Bertz CT molecular complexity index is 974. The van der Waals surface area contributed by atoms with Crippen molar-refractivity contribution in [2.75, 3.05) is 40.0 Å². The van der Waals surface area contributed by atoms with E-state index in [4.69, 9.17) is 14.2 Å². The summed E-state index contributed by atoms with van der Waals surface area (Å²) in [6.45, 7) is 5.06. The first-order valence-electron chi connectivity index (χ1n) is 10.3. The molecular weight excluding hydrogens is 354 g/mol. The van der Waals surface area contributed by atoms with Gasteiger partial charge in [-0.25, -0.2) is 0 Å². The number of nitrogens with zero attached hydrogens (tertiary/aromatic N) is 2. The molecule has 2 aliphatic heterocycles. The summed E-state index contributed by atoms with van der Waals surface area (Å²) in [5.74, 6) is 1.55. The van der Waals surface area contributed by atoms with Gasteiger partial charge in [-0.05, 0) is 44.5 Å². The number of ether oxygens (including phenoxy) is 3. The van der Waals surface area contributed by atoms with Crippen LogP contribution in [0.15, 0.2) is 24.4 Å². The van der Waals surface area contributed by atoms with Gasteiger partial charge in [-0.1, -0.05) is 0 Å². The van der Waals surface area contributed by atoms with Crippen LogP contribution < -0.4 is 9.47 Å². The number of rotatable bonds is 7. The highest BCUT2D eigenvalue weighted by Crippen LogP contribution is 2.40. The molecule has 4 heterocycles. The monoisotopic (exact) mass is 381 g/mol. The number of hydrogen-bond acceptors (Lipinski definition) is 5. The van der Waals surface area contributed by atoms with Crippen molar-refractivity contribution in [2.45, 2.75) is 31.8 Å².